The van der Waals surface area contributed by atoms with Gasteiger partial charge in [0.05, 0.1) is 57.9 Å². The van der Waals surface area contributed by atoms with Crippen LogP contribution in [0.3, 0.4) is 0 Å². The Bertz CT molecular complexity index is 1620. The number of nitrogens with one attached hydrogen (secondary N) is 2. The summed E-state index contributed by atoms with van der Waals surface area (Å²) in [7, 11) is 0. The van der Waals surface area contributed by atoms with E-state index in [2.05, 4.69) is 30.6 Å². The van der Waals surface area contributed by atoms with Gasteiger partial charge in [0.25, 0.3) is 0 Å². The van der Waals surface area contributed by atoms with Crippen LogP contribution in [0.4, 0.5) is 11.6 Å². The summed E-state index contributed by atoms with van der Waals surface area (Å²) in [6.07, 6.45) is 7.27. The molecule has 0 saturated carbocycles. The Kier molecular flexibility index (Phi) is 14.9. The monoisotopic (exact) mass is 750 g/mol. The second-order valence-corrected chi connectivity index (χ2v) is 13.3. The Morgan fingerprint density at radius 3 is 1.71 bits per heavy atom. The van der Waals surface area contributed by atoms with Gasteiger partial charge in [-0.25, -0.2) is 9.36 Å². The van der Waals surface area contributed by atoms with Gasteiger partial charge in [0.1, 0.15) is 5.82 Å². The van der Waals surface area contributed by atoms with Gasteiger partial charge in [-0.1, -0.05) is 46.4 Å². The van der Waals surface area contributed by atoms with E-state index in [1.54, 1.807) is 39.8 Å². The maximum atomic E-state index is 12.1. The van der Waals surface area contributed by atoms with Crippen LogP contribution in [0.1, 0.15) is 25.7 Å². The van der Waals surface area contributed by atoms with Gasteiger partial charge in [-0.15, -0.1) is 0 Å². The molecule has 0 atom stereocenters. The average Bonchev–Trinajstić information content (AvgIpc) is 3.79. The minimum Gasteiger partial charge on any atom is -0.379 e. The maximum Gasteiger partial charge on any atom is 0.225 e. The van der Waals surface area contributed by atoms with E-state index in [-0.39, 0.29) is 5.91 Å². The number of benzene rings is 2. The van der Waals surface area contributed by atoms with Crippen molar-refractivity contribution in [3.05, 3.63) is 81.0 Å². The molecule has 0 bridgehead atoms. The molecule has 0 radical (unpaired) electrons. The third-order valence-electron chi connectivity index (χ3n) is 8.07. The van der Waals surface area contributed by atoms with Crippen molar-refractivity contribution in [2.45, 2.75) is 25.7 Å². The number of unbranched alkanes of at least 4 members (excludes halogenated alkanes) is 1. The first-order chi connectivity index (χ1) is 23.8. The Morgan fingerprint density at radius 2 is 1.16 bits per heavy atom. The minimum absolute atomic E-state index is 0.0346. The van der Waals surface area contributed by atoms with Crippen LogP contribution in [0, 0.1) is 0 Å². The standard InChI is InChI=1S/C17H20Cl2N4O2.C17H22Cl2N4O/c18-14-4-3-13(12-15(14)19)23-7-5-16(21-23)20-17(24)2-1-6-22-8-10-25-11-9-22;18-15-4-3-14(13-16(15)19)23-8-5-17(21-23)20-6-1-2-7-22-9-11-24-12-10-22/h3-5,7,12H,1-2,6,8-11H2,(H,20,21,24);3-5,8,13H,1-2,6-7,9-12H2,(H,20,21). The number of carbonyl (C=O) groups excluding carboxylic acids is 1. The predicted molar refractivity (Wildman–Crippen MR) is 197 cm³/mol. The molecule has 264 valence electrons. The molecule has 2 aliphatic rings. The first-order valence-electron chi connectivity index (χ1n) is 16.5. The molecule has 2 fully saturated rings. The Hall–Kier alpha value is -2.87. The number of aromatic nitrogens is 4. The number of nitrogens with zero attached hydrogens (tertiary/aromatic N) is 6. The van der Waals surface area contributed by atoms with E-state index in [4.69, 9.17) is 55.9 Å². The largest absolute Gasteiger partial charge is 0.379 e. The van der Waals surface area contributed by atoms with Crippen molar-refractivity contribution >= 4 is 63.9 Å². The normalized spacial score (nSPS) is 15.4. The number of morpholine rings is 2. The average molecular weight is 753 g/mol. The highest BCUT2D eigenvalue weighted by Gasteiger charge is 2.12. The van der Waals surface area contributed by atoms with Crippen molar-refractivity contribution < 1.29 is 14.3 Å². The molecule has 6 rings (SSSR count). The molecule has 2 N–H and O–H groups in total. The van der Waals surface area contributed by atoms with Crippen molar-refractivity contribution in [1.29, 1.82) is 0 Å². The van der Waals surface area contributed by atoms with Crippen LogP contribution in [0.2, 0.25) is 20.1 Å². The van der Waals surface area contributed by atoms with Gasteiger partial charge in [0, 0.05) is 63.7 Å². The van der Waals surface area contributed by atoms with Crippen molar-refractivity contribution in [3.8, 4) is 11.4 Å². The molecule has 15 heteroatoms. The number of halogens is 4. The summed E-state index contributed by atoms with van der Waals surface area (Å²) in [6, 6.07) is 14.5. The molecule has 1 amide bonds. The molecule has 0 unspecified atom stereocenters. The summed E-state index contributed by atoms with van der Waals surface area (Å²) in [4.78, 5) is 16.8. The zero-order valence-electron chi connectivity index (χ0n) is 27.3. The van der Waals surface area contributed by atoms with Gasteiger partial charge in [-0.3, -0.25) is 14.6 Å². The number of amides is 1. The van der Waals surface area contributed by atoms with Gasteiger partial charge < -0.3 is 20.1 Å². The molecule has 11 nitrogen and oxygen atoms in total. The fourth-order valence-corrected chi connectivity index (χ4v) is 5.93. The summed E-state index contributed by atoms with van der Waals surface area (Å²) < 4.78 is 14.1. The summed E-state index contributed by atoms with van der Waals surface area (Å²) in [5, 5.41) is 17.1. The number of hydrogen-bond donors (Lipinski definition) is 2. The summed E-state index contributed by atoms with van der Waals surface area (Å²) >= 11 is 23.9. The highest BCUT2D eigenvalue weighted by molar-refractivity contribution is 6.42. The van der Waals surface area contributed by atoms with Crippen molar-refractivity contribution in [2.24, 2.45) is 0 Å². The summed E-state index contributed by atoms with van der Waals surface area (Å²) in [5.41, 5.74) is 1.67. The van der Waals surface area contributed by atoms with E-state index in [0.29, 0.717) is 32.3 Å². The van der Waals surface area contributed by atoms with E-state index in [9.17, 15) is 4.79 Å². The molecule has 2 aromatic heterocycles. The molecule has 0 spiro atoms. The lowest BCUT2D eigenvalue weighted by molar-refractivity contribution is -0.116. The van der Waals surface area contributed by atoms with Gasteiger partial charge >= 0.3 is 0 Å². The van der Waals surface area contributed by atoms with Gasteiger partial charge in [0.2, 0.25) is 5.91 Å². The first kappa shape index (κ1) is 37.4. The SMILES string of the molecule is Clc1ccc(-n2ccc(NCCCCN3CCOCC3)n2)cc1Cl.O=C(CCCN1CCOCC1)Nc1ccn(-c2ccc(Cl)c(Cl)c2)n1. The van der Waals surface area contributed by atoms with Crippen LogP contribution in [0.15, 0.2) is 60.9 Å². The molecule has 4 aromatic rings. The topological polar surface area (TPSA) is 102 Å². The van der Waals surface area contributed by atoms with Crippen molar-refractivity contribution in [2.75, 3.05) is 82.9 Å². The number of hydrogen-bond acceptors (Lipinski definition) is 8. The lowest BCUT2D eigenvalue weighted by atomic mass is 10.2. The lowest BCUT2D eigenvalue weighted by Gasteiger charge is -2.26. The summed E-state index contributed by atoms with van der Waals surface area (Å²) in [6.45, 7) is 10.2. The van der Waals surface area contributed by atoms with E-state index in [1.165, 1.54) is 6.42 Å². The molecule has 2 aromatic carbocycles. The molecular weight excluding hydrogens is 710 g/mol. The number of ether oxygens (including phenoxy) is 2. The number of carbonyl (C=O) groups is 1. The van der Waals surface area contributed by atoms with Crippen LogP contribution < -0.4 is 10.6 Å². The van der Waals surface area contributed by atoms with Crippen molar-refractivity contribution in [1.82, 2.24) is 29.4 Å². The van der Waals surface area contributed by atoms with Crippen molar-refractivity contribution in [3.63, 3.8) is 0 Å². The fraction of sp³-hybridized carbons (Fsp3) is 0.441. The second kappa shape index (κ2) is 19.5. The fourth-order valence-electron chi connectivity index (χ4n) is 5.35. The lowest BCUT2D eigenvalue weighted by Crippen LogP contribution is -2.37. The molecule has 2 aliphatic heterocycles. The van der Waals surface area contributed by atoms with E-state index < -0.39 is 0 Å². The predicted octanol–water partition coefficient (Wildman–Crippen LogP) is 6.93. The molecular formula is C34H42Cl4N8O3. The third kappa shape index (κ3) is 12.1. The van der Waals surface area contributed by atoms with Crippen LogP contribution in [-0.4, -0.2) is 108 Å². The highest BCUT2D eigenvalue weighted by atomic mass is 35.5. The van der Waals surface area contributed by atoms with Gasteiger partial charge in [-0.05, 0) is 68.8 Å². The van der Waals surface area contributed by atoms with Gasteiger partial charge in [-0.2, -0.15) is 10.2 Å². The molecule has 0 aliphatic carbocycles. The molecule has 4 heterocycles. The zero-order chi connectivity index (χ0) is 34.4. The van der Waals surface area contributed by atoms with E-state index >= 15 is 0 Å². The second-order valence-electron chi connectivity index (χ2n) is 11.7. The minimum atomic E-state index is -0.0346. The quantitative estimate of drug-likeness (QED) is 0.142. The number of anilines is 2. The zero-order valence-corrected chi connectivity index (χ0v) is 30.3. The molecule has 49 heavy (non-hydrogen) atoms. The maximum absolute atomic E-state index is 12.1. The first-order valence-corrected chi connectivity index (χ1v) is 18.0. The Labute approximate surface area is 307 Å². The smallest absolute Gasteiger partial charge is 0.225 e. The third-order valence-corrected chi connectivity index (χ3v) is 9.55. The Balaban J connectivity index is 0.000000191. The Morgan fingerprint density at radius 1 is 0.653 bits per heavy atom. The summed E-state index contributed by atoms with van der Waals surface area (Å²) in [5.74, 6) is 1.35. The van der Waals surface area contributed by atoms with Crippen LogP contribution in [-0.2, 0) is 14.3 Å². The van der Waals surface area contributed by atoms with Gasteiger partial charge in [0.15, 0.2) is 5.82 Å². The van der Waals surface area contributed by atoms with Crippen LogP contribution in [0.25, 0.3) is 11.4 Å². The molecule has 2 saturated heterocycles. The van der Waals surface area contributed by atoms with E-state index in [0.717, 1.165) is 102 Å². The van der Waals surface area contributed by atoms with E-state index in [1.807, 2.05) is 30.5 Å². The number of rotatable bonds is 13. The van der Waals surface area contributed by atoms with Crippen LogP contribution in [0.5, 0.6) is 0 Å². The highest BCUT2D eigenvalue weighted by Crippen LogP contribution is 2.25. The van der Waals surface area contributed by atoms with Crippen LogP contribution >= 0.6 is 46.4 Å².